The number of carbonyl (C=O) groups is 1. The van der Waals surface area contributed by atoms with Crippen LogP contribution in [0.2, 0.25) is 0 Å². The van der Waals surface area contributed by atoms with E-state index in [4.69, 9.17) is 20.3 Å². The lowest BCUT2D eigenvalue weighted by Gasteiger charge is -2.23. The molecule has 7 heteroatoms. The van der Waals surface area contributed by atoms with Crippen molar-refractivity contribution in [1.82, 2.24) is 4.98 Å². The third-order valence-electron chi connectivity index (χ3n) is 2.56. The van der Waals surface area contributed by atoms with E-state index in [1.807, 2.05) is 0 Å². The molecule has 0 bridgehead atoms. The minimum absolute atomic E-state index is 0.0852. The quantitative estimate of drug-likeness (QED) is 0.703. The number of hydrogen-bond donors (Lipinski definition) is 3. The largest absolute Gasteiger partial charge is 0.478 e. The number of hydrogen-bond acceptors (Lipinski definition) is 6. The molecule has 7 nitrogen and oxygen atoms in total. The molecule has 0 aliphatic carbocycles. The third kappa shape index (κ3) is 3.08. The number of carboxylic acid groups (broad SMARTS) is 1. The second-order valence-corrected chi connectivity index (χ2v) is 3.91. The van der Waals surface area contributed by atoms with Crippen molar-refractivity contribution < 1.29 is 19.4 Å². The summed E-state index contributed by atoms with van der Waals surface area (Å²) in [6, 6.07) is 1.32. The molecule has 1 aliphatic rings. The monoisotopic (exact) mass is 253 g/mol. The van der Waals surface area contributed by atoms with Gasteiger partial charge in [0, 0.05) is 6.54 Å². The lowest BCUT2D eigenvalue weighted by molar-refractivity contribution is -0.0818. The number of carboxylic acids is 1. The van der Waals surface area contributed by atoms with Crippen LogP contribution in [0.5, 0.6) is 0 Å². The summed E-state index contributed by atoms with van der Waals surface area (Å²) in [6.45, 7) is 2.11. The normalized spacial score (nSPS) is 19.4. The molecule has 1 atom stereocenters. The summed E-state index contributed by atoms with van der Waals surface area (Å²) in [7, 11) is 0. The lowest BCUT2D eigenvalue weighted by atomic mass is 10.2. The summed E-state index contributed by atoms with van der Waals surface area (Å²) < 4.78 is 10.7. The van der Waals surface area contributed by atoms with Crippen molar-refractivity contribution >= 4 is 17.5 Å². The van der Waals surface area contributed by atoms with Crippen LogP contribution in [-0.4, -0.2) is 48.5 Å². The van der Waals surface area contributed by atoms with E-state index in [1.54, 1.807) is 0 Å². The van der Waals surface area contributed by atoms with E-state index >= 15 is 0 Å². The van der Waals surface area contributed by atoms with Crippen molar-refractivity contribution in [3.63, 3.8) is 0 Å². The van der Waals surface area contributed by atoms with Gasteiger partial charge in [-0.1, -0.05) is 0 Å². The average molecular weight is 253 g/mol. The van der Waals surface area contributed by atoms with Gasteiger partial charge in [0.05, 0.1) is 43.4 Å². The van der Waals surface area contributed by atoms with Gasteiger partial charge in [-0.2, -0.15) is 0 Å². The average Bonchev–Trinajstić information content (AvgIpc) is 2.38. The van der Waals surface area contributed by atoms with Crippen LogP contribution in [0.3, 0.4) is 0 Å². The molecule has 0 aromatic carbocycles. The maximum Gasteiger partial charge on any atom is 0.337 e. The van der Waals surface area contributed by atoms with Crippen molar-refractivity contribution in [2.75, 3.05) is 37.4 Å². The molecule has 0 spiro atoms. The van der Waals surface area contributed by atoms with Crippen LogP contribution >= 0.6 is 0 Å². The van der Waals surface area contributed by atoms with Gasteiger partial charge in [-0.05, 0) is 6.07 Å². The van der Waals surface area contributed by atoms with Crippen LogP contribution in [0.1, 0.15) is 10.4 Å². The maximum absolute atomic E-state index is 11.0. The molecule has 1 unspecified atom stereocenters. The van der Waals surface area contributed by atoms with E-state index in [9.17, 15) is 4.79 Å². The van der Waals surface area contributed by atoms with Crippen LogP contribution in [0.25, 0.3) is 0 Å². The van der Waals surface area contributed by atoms with E-state index < -0.39 is 5.97 Å². The first-order valence-electron chi connectivity index (χ1n) is 5.59. The number of nitrogens with zero attached hydrogens (tertiary/aromatic N) is 1. The van der Waals surface area contributed by atoms with Crippen LogP contribution in [0, 0.1) is 0 Å². The van der Waals surface area contributed by atoms with Gasteiger partial charge in [0.25, 0.3) is 0 Å². The maximum atomic E-state index is 11.0. The second-order valence-electron chi connectivity index (χ2n) is 3.91. The van der Waals surface area contributed by atoms with Gasteiger partial charge in [0.2, 0.25) is 0 Å². The highest BCUT2D eigenvalue weighted by atomic mass is 16.6. The fraction of sp³-hybridized carbons (Fsp3) is 0.455. The number of aromatic carboxylic acids is 1. The van der Waals surface area contributed by atoms with Crippen molar-refractivity contribution in [3.8, 4) is 0 Å². The topological polar surface area (TPSA) is 107 Å². The van der Waals surface area contributed by atoms with Gasteiger partial charge >= 0.3 is 5.97 Å². The predicted molar refractivity (Wildman–Crippen MR) is 64.7 cm³/mol. The molecule has 1 fully saturated rings. The van der Waals surface area contributed by atoms with E-state index in [0.717, 1.165) is 0 Å². The van der Waals surface area contributed by atoms with Gasteiger partial charge in [-0.25, -0.2) is 9.78 Å². The van der Waals surface area contributed by atoms with Crippen molar-refractivity contribution in [2.45, 2.75) is 6.10 Å². The standard InChI is InChI=1S/C11H15N3O4/c12-10-3-8(11(15)16)9(5-14-10)13-4-7-6-17-1-2-18-7/h3,5,7,13H,1-2,4,6H2,(H2,12,14)(H,15,16). The minimum Gasteiger partial charge on any atom is -0.478 e. The van der Waals surface area contributed by atoms with Gasteiger partial charge in [-0.15, -0.1) is 0 Å². The Hall–Kier alpha value is -1.86. The second kappa shape index (κ2) is 5.65. The molecule has 0 radical (unpaired) electrons. The number of nitrogens with one attached hydrogen (secondary N) is 1. The highest BCUT2D eigenvalue weighted by Gasteiger charge is 2.16. The first kappa shape index (κ1) is 12.6. The Morgan fingerprint density at radius 2 is 2.44 bits per heavy atom. The van der Waals surface area contributed by atoms with Crippen molar-refractivity contribution in [2.24, 2.45) is 0 Å². The van der Waals surface area contributed by atoms with Crippen LogP contribution in [0.15, 0.2) is 12.3 Å². The highest BCUT2D eigenvalue weighted by molar-refractivity contribution is 5.94. The van der Waals surface area contributed by atoms with Crippen molar-refractivity contribution in [3.05, 3.63) is 17.8 Å². The summed E-state index contributed by atoms with van der Waals surface area (Å²) in [4.78, 5) is 14.9. The number of nitrogens with two attached hydrogens (primary N) is 1. The third-order valence-corrected chi connectivity index (χ3v) is 2.56. The summed E-state index contributed by atoms with van der Waals surface area (Å²) in [6.07, 6.45) is 1.32. The molecule has 1 saturated heterocycles. The first-order chi connectivity index (χ1) is 8.66. The Labute approximate surface area is 104 Å². The Morgan fingerprint density at radius 1 is 1.61 bits per heavy atom. The molecule has 2 heterocycles. The Morgan fingerprint density at radius 3 is 3.11 bits per heavy atom. The lowest BCUT2D eigenvalue weighted by Crippen LogP contribution is -2.34. The number of aromatic nitrogens is 1. The molecule has 0 saturated carbocycles. The Balaban J connectivity index is 2.01. The molecule has 4 N–H and O–H groups in total. The zero-order valence-corrected chi connectivity index (χ0v) is 9.76. The highest BCUT2D eigenvalue weighted by Crippen LogP contribution is 2.17. The fourth-order valence-corrected chi connectivity index (χ4v) is 1.67. The van der Waals surface area contributed by atoms with E-state index in [-0.39, 0.29) is 17.5 Å². The van der Waals surface area contributed by atoms with Gasteiger partial charge in [0.15, 0.2) is 0 Å². The molecule has 1 aromatic rings. The Kier molecular flexibility index (Phi) is 3.96. The van der Waals surface area contributed by atoms with Crippen LogP contribution in [0.4, 0.5) is 11.5 Å². The minimum atomic E-state index is -1.05. The van der Waals surface area contributed by atoms with Crippen LogP contribution < -0.4 is 11.1 Å². The zero-order chi connectivity index (χ0) is 13.0. The molecule has 2 rings (SSSR count). The van der Waals surface area contributed by atoms with Crippen molar-refractivity contribution in [1.29, 1.82) is 0 Å². The number of pyridine rings is 1. The molecule has 18 heavy (non-hydrogen) atoms. The number of anilines is 2. The molecule has 0 amide bonds. The predicted octanol–water partition coefficient (Wildman–Crippen LogP) is 0.189. The molecular formula is C11H15N3O4. The Bertz CT molecular complexity index is 432. The van der Waals surface area contributed by atoms with E-state index in [0.29, 0.717) is 32.1 Å². The summed E-state index contributed by atoms with van der Waals surface area (Å²) >= 11 is 0. The summed E-state index contributed by atoms with van der Waals surface area (Å²) in [5, 5.41) is 12.0. The van der Waals surface area contributed by atoms with Gasteiger partial charge in [-0.3, -0.25) is 0 Å². The number of ether oxygens (including phenoxy) is 2. The van der Waals surface area contributed by atoms with E-state index in [2.05, 4.69) is 10.3 Å². The smallest absolute Gasteiger partial charge is 0.337 e. The number of rotatable bonds is 4. The molecule has 98 valence electrons. The summed E-state index contributed by atoms with van der Waals surface area (Å²) in [5.74, 6) is -0.873. The SMILES string of the molecule is Nc1cc(C(=O)O)c(NCC2COCCO2)cn1. The van der Waals surface area contributed by atoms with Crippen LogP contribution in [-0.2, 0) is 9.47 Å². The van der Waals surface area contributed by atoms with Gasteiger partial charge < -0.3 is 25.6 Å². The number of nitrogen functional groups attached to an aromatic ring is 1. The summed E-state index contributed by atoms with van der Waals surface area (Å²) in [5.41, 5.74) is 5.98. The first-order valence-corrected chi connectivity index (χ1v) is 5.59. The molecule has 1 aliphatic heterocycles. The zero-order valence-electron chi connectivity index (χ0n) is 9.76. The van der Waals surface area contributed by atoms with E-state index in [1.165, 1.54) is 12.3 Å². The van der Waals surface area contributed by atoms with Gasteiger partial charge in [0.1, 0.15) is 5.82 Å². The fourth-order valence-electron chi connectivity index (χ4n) is 1.67. The molecular weight excluding hydrogens is 238 g/mol. The molecule has 1 aromatic heterocycles.